The van der Waals surface area contributed by atoms with Crippen LogP contribution in [0.5, 0.6) is 5.75 Å². The number of aliphatic hydroxyl groups excluding tert-OH is 1. The van der Waals surface area contributed by atoms with Gasteiger partial charge in [0.2, 0.25) is 0 Å². The summed E-state index contributed by atoms with van der Waals surface area (Å²) < 4.78 is 5.45. The van der Waals surface area contributed by atoms with Gasteiger partial charge in [0.15, 0.2) is 0 Å². The SMILES string of the molecule is COc1cccc2c1C(C(C)(C)CO)CC2. The van der Waals surface area contributed by atoms with Crippen LogP contribution in [0.1, 0.15) is 37.3 Å². The molecule has 88 valence electrons. The van der Waals surface area contributed by atoms with E-state index in [2.05, 4.69) is 19.9 Å². The molecule has 2 nitrogen and oxygen atoms in total. The molecule has 0 bridgehead atoms. The lowest BCUT2D eigenvalue weighted by Crippen LogP contribution is -2.25. The van der Waals surface area contributed by atoms with E-state index in [9.17, 15) is 5.11 Å². The van der Waals surface area contributed by atoms with E-state index in [1.165, 1.54) is 11.1 Å². The van der Waals surface area contributed by atoms with Gasteiger partial charge in [-0.1, -0.05) is 26.0 Å². The highest BCUT2D eigenvalue weighted by molar-refractivity contribution is 5.46. The van der Waals surface area contributed by atoms with Gasteiger partial charge < -0.3 is 9.84 Å². The monoisotopic (exact) mass is 220 g/mol. The number of aryl methyl sites for hydroxylation is 1. The van der Waals surface area contributed by atoms with Crippen LogP contribution in [0.4, 0.5) is 0 Å². The van der Waals surface area contributed by atoms with Gasteiger partial charge in [0.05, 0.1) is 7.11 Å². The topological polar surface area (TPSA) is 29.5 Å². The molecule has 1 unspecified atom stereocenters. The number of hydrogen-bond acceptors (Lipinski definition) is 2. The Labute approximate surface area is 97.3 Å². The van der Waals surface area contributed by atoms with E-state index in [4.69, 9.17) is 4.74 Å². The lowest BCUT2D eigenvalue weighted by molar-refractivity contribution is 0.129. The summed E-state index contributed by atoms with van der Waals surface area (Å²) in [6.45, 7) is 4.47. The third-order valence-electron chi connectivity index (χ3n) is 3.78. The van der Waals surface area contributed by atoms with Crippen LogP contribution >= 0.6 is 0 Å². The second kappa shape index (κ2) is 4.10. The van der Waals surface area contributed by atoms with Gasteiger partial charge in [0.25, 0.3) is 0 Å². The van der Waals surface area contributed by atoms with E-state index >= 15 is 0 Å². The van der Waals surface area contributed by atoms with Crippen LogP contribution in [-0.4, -0.2) is 18.8 Å². The maximum atomic E-state index is 9.50. The first-order valence-corrected chi connectivity index (χ1v) is 5.87. The standard InChI is InChI=1S/C14H20O2/c1-14(2,9-15)11-8-7-10-5-4-6-12(16-3)13(10)11/h4-6,11,15H,7-9H2,1-3H3. The van der Waals surface area contributed by atoms with Crippen molar-refractivity contribution in [3.63, 3.8) is 0 Å². The van der Waals surface area contributed by atoms with Crippen molar-refractivity contribution >= 4 is 0 Å². The van der Waals surface area contributed by atoms with Gasteiger partial charge in [-0.2, -0.15) is 0 Å². The molecular formula is C14H20O2. The third-order valence-corrected chi connectivity index (χ3v) is 3.78. The van der Waals surface area contributed by atoms with E-state index in [-0.39, 0.29) is 12.0 Å². The molecule has 1 atom stereocenters. The van der Waals surface area contributed by atoms with Crippen LogP contribution in [0.15, 0.2) is 18.2 Å². The quantitative estimate of drug-likeness (QED) is 0.848. The van der Waals surface area contributed by atoms with Crippen LogP contribution in [-0.2, 0) is 6.42 Å². The molecule has 0 aromatic heterocycles. The number of methoxy groups -OCH3 is 1. The van der Waals surface area contributed by atoms with E-state index in [1.807, 2.05) is 12.1 Å². The van der Waals surface area contributed by atoms with Crippen LogP contribution in [0.25, 0.3) is 0 Å². The van der Waals surface area contributed by atoms with Gasteiger partial charge in [-0.3, -0.25) is 0 Å². The largest absolute Gasteiger partial charge is 0.496 e. The minimum Gasteiger partial charge on any atom is -0.496 e. The molecule has 0 spiro atoms. The second-order valence-electron chi connectivity index (χ2n) is 5.27. The first-order valence-electron chi connectivity index (χ1n) is 5.87. The zero-order chi connectivity index (χ0) is 11.8. The van der Waals surface area contributed by atoms with Crippen molar-refractivity contribution in [3.8, 4) is 5.75 Å². The van der Waals surface area contributed by atoms with Crippen molar-refractivity contribution in [1.82, 2.24) is 0 Å². The number of rotatable bonds is 3. The maximum Gasteiger partial charge on any atom is 0.122 e. The van der Waals surface area contributed by atoms with Crippen LogP contribution < -0.4 is 4.74 Å². The van der Waals surface area contributed by atoms with Crippen molar-refractivity contribution in [2.24, 2.45) is 5.41 Å². The molecule has 0 aliphatic heterocycles. The van der Waals surface area contributed by atoms with Crippen molar-refractivity contribution in [1.29, 1.82) is 0 Å². The molecule has 0 fully saturated rings. The van der Waals surface area contributed by atoms with Gasteiger partial charge in [0, 0.05) is 12.2 Å². The average Bonchev–Trinajstić information content (AvgIpc) is 2.73. The number of fused-ring (bicyclic) bond motifs is 1. The Kier molecular flexibility index (Phi) is 2.94. The van der Waals surface area contributed by atoms with Gasteiger partial charge in [0.1, 0.15) is 5.75 Å². The molecule has 1 aromatic carbocycles. The normalized spacial score (nSPS) is 19.6. The Hall–Kier alpha value is -1.02. The number of benzene rings is 1. The summed E-state index contributed by atoms with van der Waals surface area (Å²) in [7, 11) is 1.72. The van der Waals surface area contributed by atoms with E-state index < -0.39 is 0 Å². The maximum absolute atomic E-state index is 9.50. The summed E-state index contributed by atoms with van der Waals surface area (Å²) in [4.78, 5) is 0. The Morgan fingerprint density at radius 2 is 2.19 bits per heavy atom. The molecule has 0 radical (unpaired) electrons. The Morgan fingerprint density at radius 3 is 2.81 bits per heavy atom. The summed E-state index contributed by atoms with van der Waals surface area (Å²) in [5, 5.41) is 9.50. The predicted molar refractivity (Wildman–Crippen MR) is 64.9 cm³/mol. The summed E-state index contributed by atoms with van der Waals surface area (Å²) in [6.07, 6.45) is 2.21. The molecule has 16 heavy (non-hydrogen) atoms. The summed E-state index contributed by atoms with van der Waals surface area (Å²) in [6, 6.07) is 6.24. The number of ether oxygens (including phenoxy) is 1. The van der Waals surface area contributed by atoms with Gasteiger partial charge in [-0.15, -0.1) is 0 Å². The van der Waals surface area contributed by atoms with Crippen LogP contribution in [0.2, 0.25) is 0 Å². The Balaban J connectivity index is 2.45. The van der Waals surface area contributed by atoms with Crippen molar-refractivity contribution in [2.45, 2.75) is 32.6 Å². The van der Waals surface area contributed by atoms with E-state index in [0.717, 1.165) is 18.6 Å². The lowest BCUT2D eigenvalue weighted by Gasteiger charge is -2.31. The van der Waals surface area contributed by atoms with E-state index in [0.29, 0.717) is 5.92 Å². The minimum atomic E-state index is -0.0696. The van der Waals surface area contributed by atoms with Crippen molar-refractivity contribution < 1.29 is 9.84 Å². The fourth-order valence-electron chi connectivity index (χ4n) is 2.72. The molecule has 1 N–H and O–H groups in total. The number of hydrogen-bond donors (Lipinski definition) is 1. The van der Waals surface area contributed by atoms with Crippen LogP contribution in [0, 0.1) is 5.41 Å². The zero-order valence-electron chi connectivity index (χ0n) is 10.3. The smallest absolute Gasteiger partial charge is 0.122 e. The summed E-state index contributed by atoms with van der Waals surface area (Å²) in [5.41, 5.74) is 2.62. The first-order chi connectivity index (χ1) is 7.60. The molecule has 2 rings (SSSR count). The van der Waals surface area contributed by atoms with Crippen molar-refractivity contribution in [2.75, 3.05) is 13.7 Å². The minimum absolute atomic E-state index is 0.0696. The molecule has 1 aliphatic carbocycles. The average molecular weight is 220 g/mol. The Morgan fingerprint density at radius 1 is 1.44 bits per heavy atom. The van der Waals surface area contributed by atoms with Gasteiger partial charge in [-0.25, -0.2) is 0 Å². The van der Waals surface area contributed by atoms with Crippen LogP contribution in [0.3, 0.4) is 0 Å². The van der Waals surface area contributed by atoms with Crippen molar-refractivity contribution in [3.05, 3.63) is 29.3 Å². The molecule has 0 amide bonds. The molecule has 0 saturated carbocycles. The highest BCUT2D eigenvalue weighted by atomic mass is 16.5. The lowest BCUT2D eigenvalue weighted by atomic mass is 9.76. The molecule has 0 heterocycles. The second-order valence-corrected chi connectivity index (χ2v) is 5.27. The zero-order valence-corrected chi connectivity index (χ0v) is 10.3. The fourth-order valence-corrected chi connectivity index (χ4v) is 2.72. The fraction of sp³-hybridized carbons (Fsp3) is 0.571. The summed E-state index contributed by atoms with van der Waals surface area (Å²) >= 11 is 0. The molecular weight excluding hydrogens is 200 g/mol. The Bertz CT molecular complexity index is 382. The van der Waals surface area contributed by atoms with E-state index in [1.54, 1.807) is 7.11 Å². The van der Waals surface area contributed by atoms with Gasteiger partial charge >= 0.3 is 0 Å². The van der Waals surface area contributed by atoms with Gasteiger partial charge in [-0.05, 0) is 35.8 Å². The molecule has 2 heteroatoms. The molecule has 1 aliphatic rings. The predicted octanol–water partition coefficient (Wildman–Crippen LogP) is 2.74. The summed E-state index contributed by atoms with van der Waals surface area (Å²) in [5.74, 6) is 1.38. The highest BCUT2D eigenvalue weighted by Crippen LogP contribution is 2.48. The molecule has 0 saturated heterocycles. The highest BCUT2D eigenvalue weighted by Gasteiger charge is 2.37. The molecule has 1 aromatic rings. The first kappa shape index (κ1) is 11.5. The third kappa shape index (κ3) is 1.71. The number of aliphatic hydroxyl groups is 1.